The molecular formula is C32H41F. The zero-order chi connectivity index (χ0) is 23.3. The Hall–Kier alpha value is -2.41. The average Bonchev–Trinajstić information content (AvgIpc) is 2.84. The molecule has 0 heterocycles. The van der Waals surface area contributed by atoms with Crippen LogP contribution >= 0.6 is 0 Å². The number of hydrogen-bond acceptors (Lipinski definition) is 0. The van der Waals surface area contributed by atoms with Crippen LogP contribution in [0.4, 0.5) is 4.39 Å². The van der Waals surface area contributed by atoms with Gasteiger partial charge in [0.25, 0.3) is 0 Å². The van der Waals surface area contributed by atoms with Crippen molar-refractivity contribution < 1.29 is 4.39 Å². The van der Waals surface area contributed by atoms with E-state index in [0.29, 0.717) is 5.56 Å². The Morgan fingerprint density at radius 2 is 0.939 bits per heavy atom. The quantitative estimate of drug-likeness (QED) is 0.217. The summed E-state index contributed by atoms with van der Waals surface area (Å²) in [5.41, 5.74) is 6.90. The molecule has 0 aromatic heterocycles. The highest BCUT2D eigenvalue weighted by atomic mass is 19.1. The molecule has 0 N–H and O–H groups in total. The predicted octanol–water partition coefficient (Wildman–Crippen LogP) is 9.52. The van der Waals surface area contributed by atoms with E-state index in [9.17, 15) is 4.39 Å². The first-order chi connectivity index (χ1) is 16.2. The van der Waals surface area contributed by atoms with Gasteiger partial charge < -0.3 is 0 Å². The van der Waals surface area contributed by atoms with Gasteiger partial charge in [-0.3, -0.25) is 0 Å². The van der Waals surface area contributed by atoms with Crippen molar-refractivity contribution in [3.05, 3.63) is 94.8 Å². The lowest BCUT2D eigenvalue weighted by Crippen LogP contribution is -1.94. The third-order valence-electron chi connectivity index (χ3n) is 6.66. The molecule has 0 aliphatic carbocycles. The van der Waals surface area contributed by atoms with E-state index in [-0.39, 0.29) is 5.82 Å². The van der Waals surface area contributed by atoms with Gasteiger partial charge in [-0.25, -0.2) is 4.39 Å². The van der Waals surface area contributed by atoms with Crippen LogP contribution in [0.1, 0.15) is 87.5 Å². The molecule has 0 radical (unpaired) electrons. The largest absolute Gasteiger partial charge is 0.206 e. The van der Waals surface area contributed by atoms with Gasteiger partial charge >= 0.3 is 0 Å². The van der Waals surface area contributed by atoms with Crippen molar-refractivity contribution in [2.24, 2.45) is 0 Å². The summed E-state index contributed by atoms with van der Waals surface area (Å²) in [4.78, 5) is 0. The van der Waals surface area contributed by atoms with Crippen LogP contribution in [0.15, 0.2) is 66.7 Å². The fourth-order valence-corrected chi connectivity index (χ4v) is 4.47. The second-order valence-electron chi connectivity index (χ2n) is 9.45. The van der Waals surface area contributed by atoms with Crippen LogP contribution < -0.4 is 0 Å². The summed E-state index contributed by atoms with van der Waals surface area (Å²) in [7, 11) is 0. The highest BCUT2D eigenvalue weighted by Crippen LogP contribution is 2.25. The molecule has 0 saturated heterocycles. The highest BCUT2D eigenvalue weighted by molar-refractivity contribution is 5.64. The van der Waals surface area contributed by atoms with E-state index < -0.39 is 0 Å². The van der Waals surface area contributed by atoms with Crippen LogP contribution in [0.25, 0.3) is 11.1 Å². The number of aryl methyl sites for hydroxylation is 4. The Morgan fingerprint density at radius 1 is 0.485 bits per heavy atom. The van der Waals surface area contributed by atoms with Gasteiger partial charge in [0.2, 0.25) is 0 Å². The monoisotopic (exact) mass is 444 g/mol. The van der Waals surface area contributed by atoms with Crippen molar-refractivity contribution in [2.45, 2.75) is 90.9 Å². The number of benzene rings is 3. The van der Waals surface area contributed by atoms with Crippen molar-refractivity contribution in [3.63, 3.8) is 0 Å². The first kappa shape index (κ1) is 25.2. The summed E-state index contributed by atoms with van der Waals surface area (Å²) in [6.07, 6.45) is 14.4. The van der Waals surface area contributed by atoms with E-state index in [0.717, 1.165) is 36.8 Å². The van der Waals surface area contributed by atoms with Crippen molar-refractivity contribution in [2.75, 3.05) is 0 Å². The lowest BCUT2D eigenvalue weighted by molar-refractivity contribution is 0.626. The molecule has 0 spiro atoms. The van der Waals surface area contributed by atoms with Gasteiger partial charge in [-0.2, -0.15) is 0 Å². The Bertz CT molecular complexity index is 937. The molecule has 3 aromatic carbocycles. The summed E-state index contributed by atoms with van der Waals surface area (Å²) in [6.45, 7) is 4.46. The van der Waals surface area contributed by atoms with Gasteiger partial charge in [0.1, 0.15) is 5.82 Å². The molecule has 0 saturated carbocycles. The minimum atomic E-state index is -0.109. The van der Waals surface area contributed by atoms with Gasteiger partial charge in [-0.15, -0.1) is 0 Å². The molecule has 0 fully saturated rings. The third kappa shape index (κ3) is 8.46. The normalized spacial score (nSPS) is 11.1. The van der Waals surface area contributed by atoms with E-state index >= 15 is 0 Å². The molecule has 0 amide bonds. The molecule has 3 rings (SSSR count). The van der Waals surface area contributed by atoms with Gasteiger partial charge in [-0.1, -0.05) is 113 Å². The molecule has 0 atom stereocenters. The topological polar surface area (TPSA) is 0 Å². The van der Waals surface area contributed by atoms with Crippen LogP contribution in [-0.2, 0) is 25.7 Å². The van der Waals surface area contributed by atoms with E-state index in [2.05, 4.69) is 68.4 Å². The number of hydrogen-bond donors (Lipinski definition) is 0. The first-order valence-corrected chi connectivity index (χ1v) is 13.1. The van der Waals surface area contributed by atoms with Crippen molar-refractivity contribution >= 4 is 0 Å². The zero-order valence-electron chi connectivity index (χ0n) is 20.7. The highest BCUT2D eigenvalue weighted by Gasteiger charge is 2.07. The molecule has 33 heavy (non-hydrogen) atoms. The summed E-state index contributed by atoms with van der Waals surface area (Å²) < 4.78 is 14.7. The third-order valence-corrected chi connectivity index (χ3v) is 6.66. The summed E-state index contributed by atoms with van der Waals surface area (Å²) in [6, 6.07) is 23.3. The summed E-state index contributed by atoms with van der Waals surface area (Å²) >= 11 is 0. The van der Waals surface area contributed by atoms with Gasteiger partial charge in [-0.05, 0) is 72.4 Å². The Balaban J connectivity index is 1.48. The fourth-order valence-electron chi connectivity index (χ4n) is 4.47. The molecule has 0 nitrogen and oxygen atoms in total. The lowest BCUT2D eigenvalue weighted by Gasteiger charge is -2.09. The van der Waals surface area contributed by atoms with E-state index in [4.69, 9.17) is 0 Å². The van der Waals surface area contributed by atoms with Crippen molar-refractivity contribution in [3.8, 4) is 11.1 Å². The second-order valence-corrected chi connectivity index (χ2v) is 9.45. The number of halogens is 1. The van der Waals surface area contributed by atoms with Crippen LogP contribution in [0.2, 0.25) is 0 Å². The molecule has 0 bridgehead atoms. The maximum Gasteiger partial charge on any atom is 0.131 e. The SMILES string of the molecule is CCCCCCCc1ccc(CCc2ccc(-c3ccc(CCCCC)cc3F)cc2)cc1. The van der Waals surface area contributed by atoms with Crippen molar-refractivity contribution in [1.29, 1.82) is 0 Å². The van der Waals surface area contributed by atoms with Gasteiger partial charge in [0.15, 0.2) is 0 Å². The van der Waals surface area contributed by atoms with E-state index in [1.807, 2.05) is 6.07 Å². The van der Waals surface area contributed by atoms with Gasteiger partial charge in [0.05, 0.1) is 0 Å². The summed E-state index contributed by atoms with van der Waals surface area (Å²) in [5.74, 6) is -0.109. The Morgan fingerprint density at radius 3 is 1.55 bits per heavy atom. The van der Waals surface area contributed by atoms with Gasteiger partial charge in [0, 0.05) is 5.56 Å². The maximum atomic E-state index is 14.7. The molecule has 0 unspecified atom stereocenters. The fraction of sp³-hybridized carbons (Fsp3) is 0.438. The zero-order valence-corrected chi connectivity index (χ0v) is 20.7. The standard InChI is InChI=1S/C32H41F/c1-3-5-7-8-10-11-26-13-15-27(16-14-26)17-18-28-19-22-30(23-20-28)31-24-21-29(25-32(31)33)12-9-6-4-2/h13-16,19-25H,3-12,17-18H2,1-2H3. The maximum absolute atomic E-state index is 14.7. The minimum Gasteiger partial charge on any atom is -0.206 e. The second kappa shape index (κ2) is 14.0. The number of unbranched alkanes of at least 4 members (excludes halogenated alkanes) is 6. The predicted molar refractivity (Wildman–Crippen MR) is 141 cm³/mol. The smallest absolute Gasteiger partial charge is 0.131 e. The van der Waals surface area contributed by atoms with E-state index in [1.54, 1.807) is 6.07 Å². The molecule has 1 heteroatoms. The molecular weight excluding hydrogens is 403 g/mol. The Labute approximate surface area is 201 Å². The average molecular weight is 445 g/mol. The lowest BCUT2D eigenvalue weighted by atomic mass is 9.97. The van der Waals surface area contributed by atoms with Crippen LogP contribution in [0.5, 0.6) is 0 Å². The summed E-state index contributed by atoms with van der Waals surface area (Å²) in [5, 5.41) is 0. The molecule has 0 aliphatic heterocycles. The Kier molecular flexibility index (Phi) is 10.7. The van der Waals surface area contributed by atoms with Crippen molar-refractivity contribution in [1.82, 2.24) is 0 Å². The van der Waals surface area contributed by atoms with Crippen LogP contribution in [-0.4, -0.2) is 0 Å². The number of rotatable bonds is 14. The first-order valence-electron chi connectivity index (χ1n) is 13.1. The van der Waals surface area contributed by atoms with Crippen LogP contribution in [0, 0.1) is 5.82 Å². The van der Waals surface area contributed by atoms with Crippen LogP contribution in [0.3, 0.4) is 0 Å². The molecule has 176 valence electrons. The van der Waals surface area contributed by atoms with E-state index in [1.165, 1.54) is 68.1 Å². The minimum absolute atomic E-state index is 0.109. The molecule has 0 aliphatic rings. The molecule has 3 aromatic rings.